The van der Waals surface area contributed by atoms with Crippen LogP contribution in [0.1, 0.15) is 31.4 Å². The van der Waals surface area contributed by atoms with Gasteiger partial charge >= 0.3 is 6.03 Å². The summed E-state index contributed by atoms with van der Waals surface area (Å²) >= 11 is 0. The van der Waals surface area contributed by atoms with Crippen LogP contribution in [-0.4, -0.2) is 37.2 Å². The summed E-state index contributed by atoms with van der Waals surface area (Å²) in [6.07, 6.45) is 2.37. The van der Waals surface area contributed by atoms with Gasteiger partial charge < -0.3 is 15.4 Å². The highest BCUT2D eigenvalue weighted by Gasteiger charge is 2.23. The van der Waals surface area contributed by atoms with Crippen molar-refractivity contribution in [3.8, 4) is 5.75 Å². The Morgan fingerprint density at radius 3 is 2.63 bits per heavy atom. The summed E-state index contributed by atoms with van der Waals surface area (Å²) in [5, 5.41) is 5.71. The Bertz CT molecular complexity index is 748. The number of benzene rings is 2. The number of carbonyl (C=O) groups excluding carboxylic acids is 1. The van der Waals surface area contributed by atoms with Crippen LogP contribution in [0.25, 0.3) is 0 Å². The van der Waals surface area contributed by atoms with Gasteiger partial charge in [-0.25, -0.2) is 9.18 Å². The Balaban J connectivity index is 1.64. The minimum Gasteiger partial charge on any atom is -0.492 e. The molecule has 0 spiro atoms. The SMILES string of the molecule is CCOc1cc(F)ccc1NC(=O)NCC(c1ccccc1)N1CCCC1. The van der Waals surface area contributed by atoms with Crippen LogP contribution < -0.4 is 15.4 Å². The van der Waals surface area contributed by atoms with Gasteiger partial charge in [-0.2, -0.15) is 0 Å². The first-order valence-electron chi connectivity index (χ1n) is 9.43. The van der Waals surface area contributed by atoms with Crippen molar-refractivity contribution in [2.45, 2.75) is 25.8 Å². The number of halogens is 1. The first kappa shape index (κ1) is 19.2. The Morgan fingerprint density at radius 2 is 1.93 bits per heavy atom. The smallest absolute Gasteiger partial charge is 0.319 e. The van der Waals surface area contributed by atoms with Crippen molar-refractivity contribution in [3.05, 3.63) is 59.9 Å². The van der Waals surface area contributed by atoms with Crippen molar-refractivity contribution >= 4 is 11.7 Å². The van der Waals surface area contributed by atoms with Crippen molar-refractivity contribution in [2.75, 3.05) is 31.6 Å². The van der Waals surface area contributed by atoms with Gasteiger partial charge in [-0.3, -0.25) is 4.90 Å². The van der Waals surface area contributed by atoms with Gasteiger partial charge in [0.1, 0.15) is 11.6 Å². The predicted molar refractivity (Wildman–Crippen MR) is 105 cm³/mol. The molecule has 0 saturated carbocycles. The van der Waals surface area contributed by atoms with Crippen LogP contribution >= 0.6 is 0 Å². The number of urea groups is 1. The second kappa shape index (κ2) is 9.37. The summed E-state index contributed by atoms with van der Waals surface area (Å²) in [5.74, 6) is -0.0746. The van der Waals surface area contributed by atoms with Crippen LogP contribution in [0.5, 0.6) is 5.75 Å². The van der Waals surface area contributed by atoms with E-state index in [0.717, 1.165) is 13.1 Å². The molecule has 1 atom stereocenters. The summed E-state index contributed by atoms with van der Waals surface area (Å²) in [5.41, 5.74) is 1.64. The highest BCUT2D eigenvalue weighted by molar-refractivity contribution is 5.90. The second-order valence-electron chi connectivity index (χ2n) is 6.58. The van der Waals surface area contributed by atoms with Gasteiger partial charge in [-0.15, -0.1) is 0 Å². The molecule has 1 fully saturated rings. The van der Waals surface area contributed by atoms with E-state index in [2.05, 4.69) is 27.7 Å². The molecular weight excluding hydrogens is 345 g/mol. The third-order valence-corrected chi connectivity index (χ3v) is 4.71. The molecule has 2 N–H and O–H groups in total. The first-order valence-corrected chi connectivity index (χ1v) is 9.43. The molecule has 1 saturated heterocycles. The molecule has 27 heavy (non-hydrogen) atoms. The molecule has 6 heteroatoms. The molecule has 1 unspecified atom stereocenters. The van der Waals surface area contributed by atoms with E-state index in [9.17, 15) is 9.18 Å². The number of ether oxygens (including phenoxy) is 1. The van der Waals surface area contributed by atoms with E-state index in [-0.39, 0.29) is 12.1 Å². The summed E-state index contributed by atoms with van der Waals surface area (Å²) in [6.45, 7) is 4.78. The fourth-order valence-corrected chi connectivity index (χ4v) is 3.42. The van der Waals surface area contributed by atoms with Crippen molar-refractivity contribution < 1.29 is 13.9 Å². The fourth-order valence-electron chi connectivity index (χ4n) is 3.42. The molecule has 144 valence electrons. The normalized spacial score (nSPS) is 15.3. The molecule has 5 nitrogen and oxygen atoms in total. The molecule has 0 radical (unpaired) electrons. The average Bonchev–Trinajstić information content (AvgIpc) is 3.20. The van der Waals surface area contributed by atoms with Crippen molar-refractivity contribution in [3.63, 3.8) is 0 Å². The minimum atomic E-state index is -0.400. The molecule has 1 heterocycles. The number of likely N-dealkylation sites (tertiary alicyclic amines) is 1. The molecule has 3 rings (SSSR count). The maximum Gasteiger partial charge on any atom is 0.319 e. The lowest BCUT2D eigenvalue weighted by Crippen LogP contribution is -2.38. The largest absolute Gasteiger partial charge is 0.492 e. The van der Waals surface area contributed by atoms with Gasteiger partial charge in [0.25, 0.3) is 0 Å². The number of nitrogens with zero attached hydrogens (tertiary/aromatic N) is 1. The van der Waals surface area contributed by atoms with Crippen LogP contribution in [-0.2, 0) is 0 Å². The monoisotopic (exact) mass is 371 g/mol. The van der Waals surface area contributed by atoms with Gasteiger partial charge in [-0.1, -0.05) is 30.3 Å². The van der Waals surface area contributed by atoms with Crippen molar-refractivity contribution in [2.24, 2.45) is 0 Å². The summed E-state index contributed by atoms with van der Waals surface area (Å²) < 4.78 is 18.8. The zero-order valence-corrected chi connectivity index (χ0v) is 15.6. The molecule has 2 amide bonds. The first-order chi connectivity index (χ1) is 13.2. The lowest BCUT2D eigenvalue weighted by atomic mass is 10.1. The van der Waals surface area contributed by atoms with Gasteiger partial charge in [-0.05, 0) is 50.6 Å². The predicted octanol–water partition coefficient (Wildman–Crippen LogP) is 4.18. The molecule has 1 aliphatic rings. The Kier molecular flexibility index (Phi) is 6.65. The number of hydrogen-bond donors (Lipinski definition) is 2. The van der Waals surface area contributed by atoms with E-state index in [0.29, 0.717) is 24.6 Å². The molecule has 0 aromatic heterocycles. The average molecular weight is 371 g/mol. The standard InChI is InChI=1S/C21H26FN3O2/c1-2-27-20-14-17(22)10-11-18(20)24-21(26)23-15-19(25-12-6-7-13-25)16-8-4-3-5-9-16/h3-5,8-11,14,19H,2,6-7,12-13,15H2,1H3,(H2,23,24,26). The van der Waals surface area contributed by atoms with Gasteiger partial charge in [0.05, 0.1) is 18.3 Å². The van der Waals surface area contributed by atoms with Crippen LogP contribution in [0.4, 0.5) is 14.9 Å². The quantitative estimate of drug-likeness (QED) is 0.768. The van der Waals surface area contributed by atoms with Crippen LogP contribution in [0.3, 0.4) is 0 Å². The van der Waals surface area contributed by atoms with Crippen molar-refractivity contribution in [1.82, 2.24) is 10.2 Å². The number of rotatable bonds is 7. The Hall–Kier alpha value is -2.60. The summed E-state index contributed by atoms with van der Waals surface area (Å²) in [6, 6.07) is 14.1. The number of nitrogens with one attached hydrogen (secondary N) is 2. The summed E-state index contributed by atoms with van der Waals surface area (Å²) in [4.78, 5) is 14.8. The zero-order valence-electron chi connectivity index (χ0n) is 15.6. The van der Waals surface area contributed by atoms with Crippen molar-refractivity contribution in [1.29, 1.82) is 0 Å². The van der Waals surface area contributed by atoms with E-state index >= 15 is 0 Å². The Morgan fingerprint density at radius 1 is 1.19 bits per heavy atom. The zero-order chi connectivity index (χ0) is 19.1. The van der Waals surface area contributed by atoms with E-state index in [1.807, 2.05) is 25.1 Å². The highest BCUT2D eigenvalue weighted by atomic mass is 19.1. The van der Waals surface area contributed by atoms with Crippen LogP contribution in [0, 0.1) is 5.82 Å². The van der Waals surface area contributed by atoms with Gasteiger partial charge in [0.15, 0.2) is 0 Å². The van der Waals surface area contributed by atoms with E-state index in [1.54, 1.807) is 0 Å². The maximum atomic E-state index is 13.4. The minimum absolute atomic E-state index is 0.138. The fraction of sp³-hybridized carbons (Fsp3) is 0.381. The van der Waals surface area contributed by atoms with E-state index in [1.165, 1.54) is 36.6 Å². The molecule has 0 aliphatic carbocycles. The third kappa shape index (κ3) is 5.20. The molecular formula is C21H26FN3O2. The summed E-state index contributed by atoms with van der Waals surface area (Å²) in [7, 11) is 0. The lowest BCUT2D eigenvalue weighted by Gasteiger charge is -2.28. The molecule has 2 aromatic carbocycles. The lowest BCUT2D eigenvalue weighted by molar-refractivity contribution is 0.227. The topological polar surface area (TPSA) is 53.6 Å². The van der Waals surface area contributed by atoms with Crippen LogP contribution in [0.15, 0.2) is 48.5 Å². The number of anilines is 1. The van der Waals surface area contributed by atoms with E-state index < -0.39 is 5.82 Å². The molecule has 0 bridgehead atoms. The second-order valence-corrected chi connectivity index (χ2v) is 6.58. The van der Waals surface area contributed by atoms with E-state index in [4.69, 9.17) is 4.74 Å². The number of carbonyl (C=O) groups is 1. The van der Waals surface area contributed by atoms with Crippen LogP contribution in [0.2, 0.25) is 0 Å². The van der Waals surface area contributed by atoms with Gasteiger partial charge in [0, 0.05) is 12.6 Å². The molecule has 1 aliphatic heterocycles. The number of hydrogen-bond acceptors (Lipinski definition) is 3. The third-order valence-electron chi connectivity index (χ3n) is 4.71. The Labute approximate surface area is 159 Å². The molecule has 2 aromatic rings. The maximum absolute atomic E-state index is 13.4. The van der Waals surface area contributed by atoms with Gasteiger partial charge in [0.2, 0.25) is 0 Å². The highest BCUT2D eigenvalue weighted by Crippen LogP contribution is 2.26. The number of amides is 2.